The van der Waals surface area contributed by atoms with Crippen LogP contribution in [-0.4, -0.2) is 10.2 Å². The topological polar surface area (TPSA) is 37.8 Å². The highest BCUT2D eigenvalue weighted by Gasteiger charge is 1.67. The van der Waals surface area contributed by atoms with Gasteiger partial charge in [0.25, 0.3) is 0 Å². The minimum absolute atomic E-state index is 1.64. The van der Waals surface area contributed by atoms with Crippen molar-refractivity contribution in [3.8, 4) is 0 Å². The van der Waals surface area contributed by atoms with E-state index < -0.39 is 0 Å². The fourth-order valence-electron chi connectivity index (χ4n) is 0.659. The summed E-state index contributed by atoms with van der Waals surface area (Å²) < 4.78 is 0. The number of rotatable bonds is 0. The zero-order valence-corrected chi connectivity index (χ0v) is 7.17. The maximum Gasteiger partial charge on any atom is 0.0496 e. The second kappa shape index (κ2) is 6.79. The van der Waals surface area contributed by atoms with Crippen LogP contribution >= 0.6 is 0 Å². The Kier molecular flexibility index (Phi) is 4.80. The summed E-state index contributed by atoms with van der Waals surface area (Å²) in [4.78, 5) is 0. The zero-order valence-electron chi connectivity index (χ0n) is 7.17. The van der Waals surface area contributed by atoms with Gasteiger partial charge in [0.15, 0.2) is 0 Å². The molecule has 1 N–H and O–H groups in total. The predicted molar refractivity (Wildman–Crippen MR) is 52.6 cm³/mol. The molecule has 0 saturated carbocycles. The van der Waals surface area contributed by atoms with Crippen molar-refractivity contribution in [2.45, 2.75) is 0 Å². The number of nitrogens with zero attached hydrogens (tertiary/aromatic N) is 2. The quantitative estimate of drug-likeness (QED) is 0.648. The van der Waals surface area contributed by atoms with Gasteiger partial charge in [-0.25, -0.2) is 0 Å². The van der Waals surface area contributed by atoms with E-state index in [1.54, 1.807) is 12.4 Å². The fourth-order valence-corrected chi connectivity index (χ4v) is 0.659. The van der Waals surface area contributed by atoms with E-state index >= 15 is 0 Å². The van der Waals surface area contributed by atoms with E-state index in [0.717, 1.165) is 0 Å². The van der Waals surface area contributed by atoms with Crippen molar-refractivity contribution in [3.63, 3.8) is 0 Å². The molecule has 1 aromatic rings. The van der Waals surface area contributed by atoms with Crippen molar-refractivity contribution in [2.75, 3.05) is 0 Å². The van der Waals surface area contributed by atoms with E-state index in [1.807, 2.05) is 48.8 Å². The number of nitrogens with one attached hydrogen (secondary N) is 1. The largest absolute Gasteiger partial charge is 0.368 e. The van der Waals surface area contributed by atoms with Crippen LogP contribution in [0.25, 0.3) is 0 Å². The molecular formula is C10H11N3. The zero-order chi connectivity index (χ0) is 9.19. The van der Waals surface area contributed by atoms with Crippen LogP contribution in [0.4, 0.5) is 0 Å². The number of allylic oxidation sites excluding steroid dienone is 4. The highest BCUT2D eigenvalue weighted by Crippen LogP contribution is 1.81. The number of hydrogen-bond acceptors (Lipinski definition) is 3. The Balaban J connectivity index is 0.000000132. The van der Waals surface area contributed by atoms with E-state index in [4.69, 9.17) is 0 Å². The highest BCUT2D eigenvalue weighted by molar-refractivity contribution is 5.14. The van der Waals surface area contributed by atoms with Gasteiger partial charge < -0.3 is 5.32 Å². The van der Waals surface area contributed by atoms with Crippen LogP contribution in [0.1, 0.15) is 0 Å². The lowest BCUT2D eigenvalue weighted by Crippen LogP contribution is -1.87. The first-order valence-corrected chi connectivity index (χ1v) is 3.96. The third kappa shape index (κ3) is 5.38. The van der Waals surface area contributed by atoms with Crippen LogP contribution in [-0.2, 0) is 0 Å². The third-order valence-corrected chi connectivity index (χ3v) is 1.20. The molecule has 0 saturated heterocycles. The Morgan fingerprint density at radius 1 is 0.692 bits per heavy atom. The molecule has 0 fully saturated rings. The molecule has 1 aromatic heterocycles. The normalized spacial score (nSPS) is 12.3. The maximum absolute atomic E-state index is 3.53. The summed E-state index contributed by atoms with van der Waals surface area (Å²) in [6.07, 6.45) is 14.9. The lowest BCUT2D eigenvalue weighted by Gasteiger charge is -1.79. The van der Waals surface area contributed by atoms with Crippen molar-refractivity contribution in [2.24, 2.45) is 0 Å². The van der Waals surface area contributed by atoms with Crippen molar-refractivity contribution in [1.82, 2.24) is 15.5 Å². The van der Waals surface area contributed by atoms with Crippen molar-refractivity contribution >= 4 is 0 Å². The second-order valence-corrected chi connectivity index (χ2v) is 2.18. The van der Waals surface area contributed by atoms with E-state index in [1.165, 1.54) is 0 Å². The van der Waals surface area contributed by atoms with E-state index in [2.05, 4.69) is 15.5 Å². The van der Waals surface area contributed by atoms with E-state index in [9.17, 15) is 0 Å². The highest BCUT2D eigenvalue weighted by atomic mass is 15.1. The van der Waals surface area contributed by atoms with Crippen molar-refractivity contribution in [3.05, 3.63) is 61.2 Å². The van der Waals surface area contributed by atoms with Gasteiger partial charge >= 0.3 is 0 Å². The van der Waals surface area contributed by atoms with Crippen molar-refractivity contribution < 1.29 is 0 Å². The molecule has 0 aromatic carbocycles. The van der Waals surface area contributed by atoms with Gasteiger partial charge in [0.2, 0.25) is 0 Å². The molecule has 0 spiro atoms. The van der Waals surface area contributed by atoms with Crippen LogP contribution in [0.2, 0.25) is 0 Å². The van der Waals surface area contributed by atoms with Gasteiger partial charge in [-0.2, -0.15) is 10.2 Å². The SMILES string of the molecule is C1=CC=CNC=C1.c1ccnnc1. The molecule has 2 rings (SSSR count). The lowest BCUT2D eigenvalue weighted by atomic mass is 10.5. The van der Waals surface area contributed by atoms with Gasteiger partial charge in [-0.15, -0.1) is 0 Å². The molecule has 0 radical (unpaired) electrons. The van der Waals surface area contributed by atoms with Gasteiger partial charge in [-0.3, -0.25) is 0 Å². The Morgan fingerprint density at radius 3 is 1.62 bits per heavy atom. The standard InChI is InChI=1S/C6H7N.C4H4N2/c1-2-4-6-7-5-3-1;1-2-4-6-5-3-1/h1-7H;1-4H. The predicted octanol–water partition coefficient (Wildman–Crippen LogP) is 1.65. The molecule has 0 atom stereocenters. The molecule has 2 heterocycles. The van der Waals surface area contributed by atoms with Gasteiger partial charge in [0.05, 0.1) is 0 Å². The molecule has 66 valence electrons. The Hall–Kier alpha value is -1.90. The molecule has 1 aliphatic heterocycles. The van der Waals surface area contributed by atoms with Gasteiger partial charge in [0.1, 0.15) is 0 Å². The van der Waals surface area contributed by atoms with Crippen LogP contribution in [0.5, 0.6) is 0 Å². The average Bonchev–Trinajstić information content (AvgIpc) is 2.53. The van der Waals surface area contributed by atoms with E-state index in [-0.39, 0.29) is 0 Å². The molecule has 13 heavy (non-hydrogen) atoms. The minimum atomic E-state index is 1.64. The van der Waals surface area contributed by atoms with Gasteiger partial charge in [0, 0.05) is 24.8 Å². The minimum Gasteiger partial charge on any atom is -0.368 e. The first kappa shape index (κ1) is 9.19. The summed E-state index contributed by atoms with van der Waals surface area (Å²) in [5.74, 6) is 0. The molecule has 3 heteroatoms. The molecular weight excluding hydrogens is 162 g/mol. The molecule has 0 aliphatic carbocycles. The number of hydrogen-bond donors (Lipinski definition) is 1. The first-order chi connectivity index (χ1) is 6.50. The maximum atomic E-state index is 3.53. The Bertz CT molecular complexity index is 248. The monoisotopic (exact) mass is 173 g/mol. The summed E-state index contributed by atoms with van der Waals surface area (Å²) in [6.45, 7) is 0. The molecule has 0 amide bonds. The van der Waals surface area contributed by atoms with E-state index in [0.29, 0.717) is 0 Å². The summed E-state index contributed by atoms with van der Waals surface area (Å²) in [6, 6.07) is 3.65. The summed E-state index contributed by atoms with van der Waals surface area (Å²) in [7, 11) is 0. The Morgan fingerprint density at radius 2 is 1.23 bits per heavy atom. The molecule has 1 aliphatic rings. The third-order valence-electron chi connectivity index (χ3n) is 1.20. The van der Waals surface area contributed by atoms with Gasteiger partial charge in [-0.05, 0) is 24.3 Å². The van der Waals surface area contributed by atoms with Crippen LogP contribution in [0, 0.1) is 0 Å². The summed E-state index contributed by atoms with van der Waals surface area (Å²) in [5.41, 5.74) is 0. The molecule has 3 nitrogen and oxygen atoms in total. The Labute approximate surface area is 77.5 Å². The van der Waals surface area contributed by atoms with Crippen LogP contribution < -0.4 is 5.32 Å². The number of aromatic nitrogens is 2. The lowest BCUT2D eigenvalue weighted by molar-refractivity contribution is 1.03. The average molecular weight is 173 g/mol. The van der Waals surface area contributed by atoms with Crippen LogP contribution in [0.3, 0.4) is 0 Å². The molecule has 0 bridgehead atoms. The van der Waals surface area contributed by atoms with Gasteiger partial charge in [-0.1, -0.05) is 12.2 Å². The smallest absolute Gasteiger partial charge is 0.0496 e. The first-order valence-electron chi connectivity index (χ1n) is 3.96. The summed E-state index contributed by atoms with van der Waals surface area (Å²) >= 11 is 0. The summed E-state index contributed by atoms with van der Waals surface area (Å²) in [5, 5.41) is 9.99. The van der Waals surface area contributed by atoms with Crippen molar-refractivity contribution in [1.29, 1.82) is 0 Å². The fraction of sp³-hybridized carbons (Fsp3) is 0. The van der Waals surface area contributed by atoms with Crippen LogP contribution in [0.15, 0.2) is 61.2 Å². The molecule has 0 unspecified atom stereocenters. The second-order valence-electron chi connectivity index (χ2n) is 2.18.